The maximum Gasteiger partial charge on any atom is 0.0133 e. The lowest BCUT2D eigenvalue weighted by Crippen LogP contribution is -1.96. The van der Waals surface area contributed by atoms with Crippen molar-refractivity contribution in [2.75, 3.05) is 0 Å². The smallest absolute Gasteiger partial charge is 0.0133 e. The van der Waals surface area contributed by atoms with E-state index in [0.29, 0.717) is 5.92 Å². The van der Waals surface area contributed by atoms with Gasteiger partial charge >= 0.3 is 0 Å². The predicted octanol–water partition coefficient (Wildman–Crippen LogP) is 3.99. The highest BCUT2D eigenvalue weighted by Gasteiger charge is 2.28. The van der Waals surface area contributed by atoms with Crippen LogP contribution in [0.25, 0.3) is 0 Å². The van der Waals surface area contributed by atoms with Crippen molar-refractivity contribution in [1.82, 2.24) is 0 Å². The quantitative estimate of drug-likeness (QED) is 0.634. The van der Waals surface area contributed by atoms with Crippen LogP contribution in [0.4, 0.5) is 0 Å². The molecule has 0 amide bonds. The van der Waals surface area contributed by atoms with Crippen molar-refractivity contribution in [3.8, 4) is 0 Å². The fraction of sp³-hybridized carbons (Fsp3) is 0.200. The minimum absolute atomic E-state index is 0.594. The Hall–Kier alpha value is -1.56. The second-order valence-corrected chi connectivity index (χ2v) is 4.34. The summed E-state index contributed by atoms with van der Waals surface area (Å²) < 4.78 is 0. The summed E-state index contributed by atoms with van der Waals surface area (Å²) in [6.07, 6.45) is 7.87. The lowest BCUT2D eigenvalue weighted by atomic mass is 9.92. The molecule has 3 rings (SSSR count). The monoisotopic (exact) mass is 194 g/mol. The lowest BCUT2D eigenvalue weighted by molar-refractivity contribution is 0.838. The van der Waals surface area contributed by atoms with E-state index < -0.39 is 0 Å². The summed E-state index contributed by atoms with van der Waals surface area (Å²) in [5.41, 5.74) is 5.97. The molecule has 0 aromatic heterocycles. The molecule has 2 aliphatic carbocycles. The van der Waals surface area contributed by atoms with Crippen LogP contribution in [0.5, 0.6) is 0 Å². The molecule has 0 spiro atoms. The van der Waals surface area contributed by atoms with Gasteiger partial charge in [0.2, 0.25) is 0 Å². The Balaban J connectivity index is 2.01. The van der Waals surface area contributed by atoms with Crippen LogP contribution in [0.3, 0.4) is 0 Å². The van der Waals surface area contributed by atoms with Gasteiger partial charge in [-0.1, -0.05) is 54.1 Å². The van der Waals surface area contributed by atoms with Crippen LogP contribution < -0.4 is 0 Å². The maximum atomic E-state index is 2.27. The van der Waals surface area contributed by atoms with Crippen LogP contribution in [-0.4, -0.2) is 0 Å². The molecule has 15 heavy (non-hydrogen) atoms. The zero-order chi connectivity index (χ0) is 10.3. The highest BCUT2D eigenvalue weighted by molar-refractivity contribution is 5.59. The molecule has 74 valence electrons. The number of hydrogen-bond donors (Lipinski definition) is 0. The molecule has 1 aromatic rings. The fourth-order valence-corrected chi connectivity index (χ4v) is 2.64. The van der Waals surface area contributed by atoms with Gasteiger partial charge in [-0.15, -0.1) is 0 Å². The molecule has 0 heteroatoms. The lowest BCUT2D eigenvalue weighted by Gasteiger charge is -2.12. The second-order valence-electron chi connectivity index (χ2n) is 4.34. The fourth-order valence-electron chi connectivity index (χ4n) is 2.64. The van der Waals surface area contributed by atoms with Crippen molar-refractivity contribution < 1.29 is 0 Å². The van der Waals surface area contributed by atoms with Crippen LogP contribution in [0.15, 0.2) is 65.3 Å². The first-order chi connectivity index (χ1) is 7.36. The third-order valence-corrected chi connectivity index (χ3v) is 3.40. The van der Waals surface area contributed by atoms with E-state index in [2.05, 4.69) is 55.5 Å². The largest absolute Gasteiger partial charge is 0.0648 e. The Morgan fingerprint density at radius 2 is 1.93 bits per heavy atom. The van der Waals surface area contributed by atoms with E-state index in [1.165, 1.54) is 28.7 Å². The van der Waals surface area contributed by atoms with Gasteiger partial charge in [0, 0.05) is 5.92 Å². The molecule has 1 atom stereocenters. The summed E-state index contributed by atoms with van der Waals surface area (Å²) in [6, 6.07) is 10.8. The van der Waals surface area contributed by atoms with Crippen molar-refractivity contribution >= 4 is 0 Å². The van der Waals surface area contributed by atoms with E-state index in [0.717, 1.165) is 0 Å². The molecule has 0 heterocycles. The Bertz CT molecular complexity index is 472. The first-order valence-corrected chi connectivity index (χ1v) is 5.49. The van der Waals surface area contributed by atoms with Gasteiger partial charge in [0.25, 0.3) is 0 Å². The van der Waals surface area contributed by atoms with Gasteiger partial charge in [-0.25, -0.2) is 0 Å². The van der Waals surface area contributed by atoms with Crippen molar-refractivity contribution in [2.24, 2.45) is 0 Å². The van der Waals surface area contributed by atoms with Crippen molar-refractivity contribution in [3.63, 3.8) is 0 Å². The normalized spacial score (nSPS) is 23.3. The molecule has 0 radical (unpaired) electrons. The molecule has 0 saturated heterocycles. The molecule has 1 unspecified atom stereocenters. The van der Waals surface area contributed by atoms with Crippen LogP contribution in [-0.2, 0) is 0 Å². The summed E-state index contributed by atoms with van der Waals surface area (Å²) in [7, 11) is 0. The minimum atomic E-state index is 0.594. The van der Waals surface area contributed by atoms with Gasteiger partial charge in [0.15, 0.2) is 0 Å². The van der Waals surface area contributed by atoms with Gasteiger partial charge < -0.3 is 0 Å². The van der Waals surface area contributed by atoms with Crippen LogP contribution >= 0.6 is 0 Å². The molecule has 0 aliphatic heterocycles. The Kier molecular flexibility index (Phi) is 1.88. The third-order valence-electron chi connectivity index (χ3n) is 3.40. The SMILES string of the molecule is CC1=C2C=CC=C2C(c2ccccc2)C1. The van der Waals surface area contributed by atoms with E-state index in [-0.39, 0.29) is 0 Å². The second kappa shape index (κ2) is 3.23. The molecular weight excluding hydrogens is 180 g/mol. The Morgan fingerprint density at radius 3 is 2.73 bits per heavy atom. The zero-order valence-electron chi connectivity index (χ0n) is 8.90. The first kappa shape index (κ1) is 8.72. The van der Waals surface area contributed by atoms with Crippen molar-refractivity contribution in [1.29, 1.82) is 0 Å². The molecule has 0 fully saturated rings. The molecule has 1 aromatic carbocycles. The highest BCUT2D eigenvalue weighted by atomic mass is 14.3. The van der Waals surface area contributed by atoms with Crippen molar-refractivity contribution in [3.05, 3.63) is 70.8 Å². The van der Waals surface area contributed by atoms with E-state index in [1.54, 1.807) is 0 Å². The molecule has 0 N–H and O–H groups in total. The first-order valence-electron chi connectivity index (χ1n) is 5.49. The average molecular weight is 194 g/mol. The van der Waals surface area contributed by atoms with Gasteiger partial charge in [0.05, 0.1) is 0 Å². The maximum absolute atomic E-state index is 2.27. The van der Waals surface area contributed by atoms with E-state index in [4.69, 9.17) is 0 Å². The van der Waals surface area contributed by atoms with E-state index in [9.17, 15) is 0 Å². The number of fused-ring (bicyclic) bond motifs is 1. The summed E-state index contributed by atoms with van der Waals surface area (Å²) in [6.45, 7) is 2.25. The van der Waals surface area contributed by atoms with Crippen LogP contribution in [0, 0.1) is 0 Å². The van der Waals surface area contributed by atoms with Gasteiger partial charge in [-0.3, -0.25) is 0 Å². The Morgan fingerprint density at radius 1 is 1.13 bits per heavy atom. The van der Waals surface area contributed by atoms with Crippen LogP contribution in [0.1, 0.15) is 24.8 Å². The number of benzene rings is 1. The van der Waals surface area contributed by atoms with E-state index in [1.807, 2.05) is 0 Å². The molecular formula is C15H14. The van der Waals surface area contributed by atoms with Crippen molar-refractivity contribution in [2.45, 2.75) is 19.3 Å². The van der Waals surface area contributed by atoms with E-state index >= 15 is 0 Å². The highest BCUT2D eigenvalue weighted by Crippen LogP contribution is 2.45. The zero-order valence-corrected chi connectivity index (χ0v) is 8.90. The topological polar surface area (TPSA) is 0 Å². The summed E-state index contributed by atoms with van der Waals surface area (Å²) in [5.74, 6) is 0.594. The molecule has 0 nitrogen and oxygen atoms in total. The predicted molar refractivity (Wildman–Crippen MR) is 63.7 cm³/mol. The molecule has 0 bridgehead atoms. The summed E-state index contributed by atoms with van der Waals surface area (Å²) >= 11 is 0. The number of allylic oxidation sites excluding steroid dienone is 6. The standard InChI is InChI=1S/C15H14/c1-11-10-15(12-6-3-2-4-7-12)14-9-5-8-13(11)14/h2-9,15H,10H2,1H3. The van der Waals surface area contributed by atoms with Gasteiger partial charge in [-0.05, 0) is 30.1 Å². The summed E-state index contributed by atoms with van der Waals surface area (Å²) in [5, 5.41) is 0. The van der Waals surface area contributed by atoms with Gasteiger partial charge in [0.1, 0.15) is 0 Å². The van der Waals surface area contributed by atoms with Crippen LogP contribution in [0.2, 0.25) is 0 Å². The van der Waals surface area contributed by atoms with Gasteiger partial charge in [-0.2, -0.15) is 0 Å². The number of rotatable bonds is 1. The summed E-state index contributed by atoms with van der Waals surface area (Å²) in [4.78, 5) is 0. The molecule has 2 aliphatic rings. The number of hydrogen-bond acceptors (Lipinski definition) is 0. The Labute approximate surface area is 90.6 Å². The molecule has 0 saturated carbocycles. The third kappa shape index (κ3) is 1.29. The average Bonchev–Trinajstić information content (AvgIpc) is 2.84. The minimum Gasteiger partial charge on any atom is -0.0648 e.